The van der Waals surface area contributed by atoms with Gasteiger partial charge in [-0.15, -0.1) is 0 Å². The lowest BCUT2D eigenvalue weighted by molar-refractivity contribution is -0.199. The van der Waals surface area contributed by atoms with Crippen molar-refractivity contribution >= 4 is 32.9 Å². The Morgan fingerprint density at radius 1 is 1.00 bits per heavy atom. The number of alkyl halides is 3. The number of rotatable bonds is 7. The number of hydrogen-bond donors (Lipinski definition) is 0. The maximum atomic E-state index is 13.2. The van der Waals surface area contributed by atoms with Crippen LogP contribution in [0.4, 0.5) is 13.2 Å². The molecule has 0 N–H and O–H groups in total. The summed E-state index contributed by atoms with van der Waals surface area (Å²) in [5.74, 6) is -1.64. The van der Waals surface area contributed by atoms with E-state index in [1.807, 2.05) is 24.3 Å². The van der Waals surface area contributed by atoms with Gasteiger partial charge in [0.2, 0.25) is 0 Å². The fraction of sp³-hybridized carbons (Fsp3) is 0.259. The number of carbonyl (C=O) groups is 1. The number of carbonyl (C=O) groups excluding carboxylic acids is 1. The zero-order valence-electron chi connectivity index (χ0n) is 19.7. The molecule has 2 aromatic carbocycles. The lowest BCUT2D eigenvalue weighted by Crippen LogP contribution is -2.33. The molecule has 0 aliphatic carbocycles. The second kappa shape index (κ2) is 10.5. The van der Waals surface area contributed by atoms with Crippen molar-refractivity contribution in [2.45, 2.75) is 19.0 Å². The number of hydrogen-bond acceptors (Lipinski definition) is 5. The molecule has 1 aliphatic rings. The van der Waals surface area contributed by atoms with Crippen LogP contribution >= 0.6 is 15.9 Å². The highest BCUT2D eigenvalue weighted by Gasteiger charge is 2.43. The Labute approximate surface area is 219 Å². The minimum Gasteiger partial charge on any atom is -0.492 e. The summed E-state index contributed by atoms with van der Waals surface area (Å²) in [6.07, 6.45) is -1.30. The monoisotopic (exact) mass is 573 g/mol. The van der Waals surface area contributed by atoms with E-state index in [2.05, 4.69) is 25.8 Å². The molecule has 1 aliphatic heterocycles. The van der Waals surface area contributed by atoms with Gasteiger partial charge < -0.3 is 9.57 Å². The first-order chi connectivity index (χ1) is 17.8. The van der Waals surface area contributed by atoms with Gasteiger partial charge in [-0.1, -0.05) is 42.5 Å². The molecule has 5 rings (SSSR count). The number of likely N-dealkylation sites (tertiary alicyclic amines) is 1. The molecule has 0 saturated carbocycles. The molecular formula is C27H23BrF3N3O3. The highest BCUT2D eigenvalue weighted by molar-refractivity contribution is 9.10. The normalized spacial score (nSPS) is 14.3. The van der Waals surface area contributed by atoms with E-state index in [1.165, 1.54) is 19.0 Å². The minimum absolute atomic E-state index is 0.0839. The molecule has 0 unspecified atom stereocenters. The maximum Gasteiger partial charge on any atom is 0.493 e. The van der Waals surface area contributed by atoms with Gasteiger partial charge in [-0.25, -0.2) is 9.78 Å². The zero-order chi connectivity index (χ0) is 26.0. The second-order valence-corrected chi connectivity index (χ2v) is 9.62. The summed E-state index contributed by atoms with van der Waals surface area (Å²) in [7, 11) is 0. The van der Waals surface area contributed by atoms with E-state index in [-0.39, 0.29) is 11.3 Å². The number of nitrogens with zero attached hydrogens (tertiary/aromatic N) is 3. The summed E-state index contributed by atoms with van der Waals surface area (Å²) in [5, 5.41) is 0.519. The van der Waals surface area contributed by atoms with E-state index in [9.17, 15) is 18.0 Å². The van der Waals surface area contributed by atoms with Crippen molar-refractivity contribution in [3.8, 4) is 28.1 Å². The van der Waals surface area contributed by atoms with Crippen molar-refractivity contribution in [1.29, 1.82) is 0 Å². The molecule has 0 amide bonds. The van der Waals surface area contributed by atoms with Crippen LogP contribution in [-0.2, 0) is 4.79 Å². The molecule has 0 radical (unpaired) electrons. The molecule has 3 heterocycles. The van der Waals surface area contributed by atoms with Gasteiger partial charge in [-0.3, -0.25) is 4.90 Å². The zero-order valence-corrected chi connectivity index (χ0v) is 21.3. The topological polar surface area (TPSA) is 56.6 Å². The van der Waals surface area contributed by atoms with Crippen molar-refractivity contribution in [2.24, 2.45) is 0 Å². The molecule has 1 fully saturated rings. The summed E-state index contributed by atoms with van der Waals surface area (Å²) in [4.78, 5) is 23.4. The van der Waals surface area contributed by atoms with Crippen LogP contribution in [0, 0.1) is 0 Å². The van der Waals surface area contributed by atoms with E-state index in [0.29, 0.717) is 38.9 Å². The molecule has 2 aromatic heterocycles. The molecule has 0 bridgehead atoms. The van der Waals surface area contributed by atoms with Crippen LogP contribution in [-0.4, -0.2) is 53.0 Å². The van der Waals surface area contributed by atoms with Gasteiger partial charge >= 0.3 is 12.1 Å². The number of fused-ring (bicyclic) bond motifs is 1. The Morgan fingerprint density at radius 3 is 2.38 bits per heavy atom. The fourth-order valence-corrected chi connectivity index (χ4v) is 4.83. The highest BCUT2D eigenvalue weighted by Crippen LogP contribution is 2.41. The van der Waals surface area contributed by atoms with Gasteiger partial charge in [-0.05, 0) is 65.6 Å². The average molecular weight is 574 g/mol. The van der Waals surface area contributed by atoms with Crippen molar-refractivity contribution in [3.05, 3.63) is 71.3 Å². The standard InChI is InChI=1S/C27H23BrF3N3O3/c28-20-16-22-23(18-8-10-21(11-9-18)36-15-14-33-12-4-5-13-33)24(19-6-2-1-3-7-19)34(25(22)32-17-20)37-26(35)27(29,30)31/h1-3,6-11,16-17H,4-5,12-15H2. The Morgan fingerprint density at radius 2 is 1.70 bits per heavy atom. The van der Waals surface area contributed by atoms with Gasteiger partial charge in [0.1, 0.15) is 12.4 Å². The predicted octanol–water partition coefficient (Wildman–Crippen LogP) is 6.12. The Hall–Kier alpha value is -3.37. The van der Waals surface area contributed by atoms with Crippen LogP contribution < -0.4 is 9.57 Å². The smallest absolute Gasteiger partial charge is 0.492 e. The molecule has 6 nitrogen and oxygen atoms in total. The third kappa shape index (κ3) is 5.50. The number of halogens is 4. The lowest BCUT2D eigenvalue weighted by Gasteiger charge is -2.15. The first kappa shape index (κ1) is 25.3. The predicted molar refractivity (Wildman–Crippen MR) is 137 cm³/mol. The van der Waals surface area contributed by atoms with Gasteiger partial charge in [0.15, 0.2) is 5.65 Å². The SMILES string of the molecule is O=C(On1c(-c2ccccc2)c(-c2ccc(OCCN3CCCC3)cc2)c2cc(Br)cnc21)C(F)(F)F. The molecule has 0 spiro atoms. The first-order valence-corrected chi connectivity index (χ1v) is 12.6. The fourth-order valence-electron chi connectivity index (χ4n) is 4.50. The summed E-state index contributed by atoms with van der Waals surface area (Å²) < 4.78 is 46.9. The lowest BCUT2D eigenvalue weighted by atomic mass is 9.99. The van der Waals surface area contributed by atoms with E-state index >= 15 is 0 Å². The Kier molecular flexibility index (Phi) is 7.21. The number of aromatic nitrogens is 2. The van der Waals surface area contributed by atoms with Crippen LogP contribution in [0.2, 0.25) is 0 Å². The molecule has 37 heavy (non-hydrogen) atoms. The average Bonchev–Trinajstić information content (AvgIpc) is 3.50. The van der Waals surface area contributed by atoms with E-state index in [1.54, 1.807) is 36.4 Å². The summed E-state index contributed by atoms with van der Waals surface area (Å²) in [5.41, 5.74) is 2.21. The molecule has 0 atom stereocenters. The molecular weight excluding hydrogens is 551 g/mol. The Balaban J connectivity index is 1.57. The summed E-state index contributed by atoms with van der Waals surface area (Å²) in [6.45, 7) is 3.62. The third-order valence-electron chi connectivity index (χ3n) is 6.21. The molecule has 192 valence electrons. The van der Waals surface area contributed by atoms with Gasteiger partial charge in [0.05, 0.1) is 5.69 Å². The van der Waals surface area contributed by atoms with Crippen LogP contribution in [0.3, 0.4) is 0 Å². The van der Waals surface area contributed by atoms with Crippen LogP contribution in [0.1, 0.15) is 12.8 Å². The highest BCUT2D eigenvalue weighted by atomic mass is 79.9. The van der Waals surface area contributed by atoms with Gasteiger partial charge in [-0.2, -0.15) is 17.9 Å². The summed E-state index contributed by atoms with van der Waals surface area (Å²) in [6, 6.07) is 17.8. The van der Waals surface area contributed by atoms with Crippen molar-refractivity contribution in [1.82, 2.24) is 14.6 Å². The van der Waals surface area contributed by atoms with Crippen LogP contribution in [0.25, 0.3) is 33.4 Å². The number of pyridine rings is 1. The van der Waals surface area contributed by atoms with E-state index in [0.717, 1.165) is 24.4 Å². The van der Waals surface area contributed by atoms with Crippen molar-refractivity contribution < 1.29 is 27.5 Å². The minimum atomic E-state index is -5.17. The largest absolute Gasteiger partial charge is 0.493 e. The molecule has 4 aromatic rings. The maximum absolute atomic E-state index is 13.2. The van der Waals surface area contributed by atoms with Crippen LogP contribution in [0.5, 0.6) is 5.75 Å². The third-order valence-corrected chi connectivity index (χ3v) is 6.64. The second-order valence-electron chi connectivity index (χ2n) is 8.71. The summed E-state index contributed by atoms with van der Waals surface area (Å²) >= 11 is 3.40. The van der Waals surface area contributed by atoms with Gasteiger partial charge in [0, 0.05) is 33.7 Å². The Bertz CT molecular complexity index is 1400. The van der Waals surface area contributed by atoms with Crippen molar-refractivity contribution in [3.63, 3.8) is 0 Å². The van der Waals surface area contributed by atoms with E-state index < -0.39 is 12.1 Å². The molecule has 1 saturated heterocycles. The first-order valence-electron chi connectivity index (χ1n) is 11.8. The van der Waals surface area contributed by atoms with Gasteiger partial charge in [0.25, 0.3) is 0 Å². The van der Waals surface area contributed by atoms with Crippen molar-refractivity contribution in [2.75, 3.05) is 26.2 Å². The number of benzene rings is 2. The van der Waals surface area contributed by atoms with E-state index in [4.69, 9.17) is 9.57 Å². The number of ether oxygens (including phenoxy) is 1. The van der Waals surface area contributed by atoms with Crippen LogP contribution in [0.15, 0.2) is 71.3 Å². The quantitative estimate of drug-likeness (QED) is 0.266. The molecule has 10 heteroatoms.